The zero-order chi connectivity index (χ0) is 15.1. The van der Waals surface area contributed by atoms with Crippen molar-refractivity contribution in [3.63, 3.8) is 0 Å². The van der Waals surface area contributed by atoms with E-state index in [0.29, 0.717) is 12.2 Å². The molecule has 0 aliphatic carbocycles. The van der Waals surface area contributed by atoms with E-state index in [-0.39, 0.29) is 0 Å². The van der Waals surface area contributed by atoms with Crippen LogP contribution in [0.1, 0.15) is 22.3 Å². The number of primary amides is 1. The zero-order valence-corrected chi connectivity index (χ0v) is 11.0. The Labute approximate surface area is 115 Å². The van der Waals surface area contributed by atoms with Crippen molar-refractivity contribution in [1.82, 2.24) is 5.32 Å². The molecule has 2 amide bonds. The van der Waals surface area contributed by atoms with Gasteiger partial charge in [-0.3, -0.25) is 9.59 Å². The van der Waals surface area contributed by atoms with Crippen LogP contribution in [0.5, 0.6) is 0 Å². The molecular formula is C13H16N2O5. The molecule has 0 aliphatic heterocycles. The number of hydrogen-bond donors (Lipinski definition) is 3. The van der Waals surface area contributed by atoms with E-state index < -0.39 is 30.2 Å². The second-order valence-corrected chi connectivity index (χ2v) is 4.16. The summed E-state index contributed by atoms with van der Waals surface area (Å²) in [5.41, 5.74) is 6.11. The summed E-state index contributed by atoms with van der Waals surface area (Å²) in [6, 6.07) is 5.16. The van der Waals surface area contributed by atoms with E-state index in [0.717, 1.165) is 5.56 Å². The van der Waals surface area contributed by atoms with Crippen molar-refractivity contribution in [2.45, 2.75) is 19.1 Å². The number of nitrogens with two attached hydrogens (primary N) is 1. The van der Waals surface area contributed by atoms with Gasteiger partial charge in [0.1, 0.15) is 6.04 Å². The largest absolute Gasteiger partial charge is 0.480 e. The highest BCUT2D eigenvalue weighted by Gasteiger charge is 2.22. The predicted octanol–water partition coefficient (Wildman–Crippen LogP) is -0.109. The zero-order valence-electron chi connectivity index (χ0n) is 11.0. The van der Waals surface area contributed by atoms with E-state index in [1.54, 1.807) is 31.4 Å². The molecule has 0 fully saturated rings. The molecule has 1 rings (SSSR count). The smallest absolute Gasteiger partial charge is 0.326 e. The Bertz CT molecular complexity index is 498. The first-order valence-electron chi connectivity index (χ1n) is 5.84. The first-order chi connectivity index (χ1) is 9.43. The molecule has 0 heterocycles. The van der Waals surface area contributed by atoms with Gasteiger partial charge in [-0.15, -0.1) is 0 Å². The van der Waals surface area contributed by atoms with E-state index >= 15 is 0 Å². The van der Waals surface area contributed by atoms with Gasteiger partial charge in [-0.2, -0.15) is 0 Å². The predicted molar refractivity (Wildman–Crippen MR) is 69.9 cm³/mol. The fourth-order valence-corrected chi connectivity index (χ4v) is 1.56. The fraction of sp³-hybridized carbons (Fsp3) is 0.308. The average molecular weight is 280 g/mol. The summed E-state index contributed by atoms with van der Waals surface area (Å²) in [6.07, 6.45) is -0.456. The van der Waals surface area contributed by atoms with Gasteiger partial charge in [0.25, 0.3) is 5.91 Å². The van der Waals surface area contributed by atoms with E-state index in [9.17, 15) is 14.4 Å². The molecule has 1 aromatic carbocycles. The summed E-state index contributed by atoms with van der Waals surface area (Å²) in [7, 11) is 1.56. The summed E-state index contributed by atoms with van der Waals surface area (Å²) in [5, 5.41) is 11.1. The number of carboxylic acids is 1. The van der Waals surface area contributed by atoms with Gasteiger partial charge in [0, 0.05) is 12.7 Å². The topological polar surface area (TPSA) is 119 Å². The summed E-state index contributed by atoms with van der Waals surface area (Å²) in [6.45, 7) is 0.418. The molecule has 0 aliphatic rings. The number of carbonyl (C=O) groups excluding carboxylic acids is 2. The molecule has 1 aromatic rings. The number of benzene rings is 1. The molecule has 0 aromatic heterocycles. The first-order valence-corrected chi connectivity index (χ1v) is 5.84. The SMILES string of the molecule is COCc1ccc(C(=O)N[C@@H](CC(N)=O)C(=O)O)cc1. The van der Waals surface area contributed by atoms with Crippen molar-refractivity contribution >= 4 is 17.8 Å². The average Bonchev–Trinajstić information content (AvgIpc) is 2.38. The number of carboxylic acid groups (broad SMARTS) is 1. The molecule has 108 valence electrons. The van der Waals surface area contributed by atoms with Gasteiger partial charge < -0.3 is 20.9 Å². The highest BCUT2D eigenvalue weighted by Crippen LogP contribution is 2.06. The minimum absolute atomic E-state index is 0.292. The first kappa shape index (κ1) is 15.6. The van der Waals surface area contributed by atoms with Crippen molar-refractivity contribution in [3.05, 3.63) is 35.4 Å². The van der Waals surface area contributed by atoms with Gasteiger partial charge in [0.05, 0.1) is 13.0 Å². The second-order valence-electron chi connectivity index (χ2n) is 4.16. The molecule has 0 spiro atoms. The standard InChI is InChI=1S/C13H16N2O5/c1-20-7-8-2-4-9(5-3-8)12(17)15-10(13(18)19)6-11(14)16/h2-5,10H,6-7H2,1H3,(H2,14,16)(H,15,17)(H,18,19)/t10-/m0/s1. The molecule has 4 N–H and O–H groups in total. The maximum absolute atomic E-state index is 11.9. The van der Waals surface area contributed by atoms with Crippen LogP contribution >= 0.6 is 0 Å². The van der Waals surface area contributed by atoms with Crippen LogP contribution in [0.2, 0.25) is 0 Å². The van der Waals surface area contributed by atoms with Crippen LogP contribution in [-0.2, 0) is 20.9 Å². The number of methoxy groups -OCH3 is 1. The summed E-state index contributed by atoms with van der Waals surface area (Å²) in [4.78, 5) is 33.5. The van der Waals surface area contributed by atoms with Gasteiger partial charge >= 0.3 is 5.97 Å². The molecule has 20 heavy (non-hydrogen) atoms. The summed E-state index contributed by atoms with van der Waals surface area (Å²) >= 11 is 0. The molecule has 7 nitrogen and oxygen atoms in total. The third-order valence-corrected chi connectivity index (χ3v) is 2.54. The van der Waals surface area contributed by atoms with Crippen LogP contribution in [0.3, 0.4) is 0 Å². The number of rotatable bonds is 7. The molecule has 0 saturated heterocycles. The lowest BCUT2D eigenvalue weighted by Gasteiger charge is -2.13. The molecule has 0 bridgehead atoms. The maximum Gasteiger partial charge on any atom is 0.326 e. The minimum Gasteiger partial charge on any atom is -0.480 e. The third-order valence-electron chi connectivity index (χ3n) is 2.54. The molecule has 7 heteroatoms. The Balaban J connectivity index is 2.73. The number of amides is 2. The van der Waals surface area contributed by atoms with Gasteiger partial charge in [-0.25, -0.2) is 4.79 Å². The van der Waals surface area contributed by atoms with E-state index in [4.69, 9.17) is 15.6 Å². The lowest BCUT2D eigenvalue weighted by Crippen LogP contribution is -2.43. The normalized spacial score (nSPS) is 11.7. The Kier molecular flexibility index (Phi) is 5.67. The molecule has 0 radical (unpaired) electrons. The highest BCUT2D eigenvalue weighted by atomic mass is 16.5. The van der Waals surface area contributed by atoms with Crippen LogP contribution in [-0.4, -0.2) is 36.0 Å². The molecule has 1 atom stereocenters. The molecule has 0 saturated carbocycles. The van der Waals surface area contributed by atoms with Gasteiger partial charge in [0.2, 0.25) is 5.91 Å². The Morgan fingerprint density at radius 3 is 2.35 bits per heavy atom. The highest BCUT2D eigenvalue weighted by molar-refractivity contribution is 5.97. The summed E-state index contributed by atoms with van der Waals surface area (Å²) in [5.74, 6) is -2.69. The van der Waals surface area contributed by atoms with Gasteiger partial charge in [0.15, 0.2) is 0 Å². The number of nitrogens with one attached hydrogen (secondary N) is 1. The van der Waals surface area contributed by atoms with Gasteiger partial charge in [-0.05, 0) is 17.7 Å². The minimum atomic E-state index is -1.33. The van der Waals surface area contributed by atoms with E-state index in [2.05, 4.69) is 5.32 Å². The van der Waals surface area contributed by atoms with Crippen molar-refractivity contribution in [1.29, 1.82) is 0 Å². The number of hydrogen-bond acceptors (Lipinski definition) is 4. The fourth-order valence-electron chi connectivity index (χ4n) is 1.56. The maximum atomic E-state index is 11.9. The third kappa shape index (κ3) is 4.69. The van der Waals surface area contributed by atoms with Crippen LogP contribution in [0.25, 0.3) is 0 Å². The Morgan fingerprint density at radius 2 is 1.90 bits per heavy atom. The Hall–Kier alpha value is -2.41. The van der Waals surface area contributed by atoms with Crippen LogP contribution in [0.15, 0.2) is 24.3 Å². The van der Waals surface area contributed by atoms with Crippen molar-refractivity contribution in [3.8, 4) is 0 Å². The van der Waals surface area contributed by atoms with Gasteiger partial charge in [-0.1, -0.05) is 12.1 Å². The number of aliphatic carboxylic acids is 1. The lowest BCUT2D eigenvalue weighted by molar-refractivity contribution is -0.140. The number of carbonyl (C=O) groups is 3. The second kappa shape index (κ2) is 7.25. The van der Waals surface area contributed by atoms with E-state index in [1.165, 1.54) is 0 Å². The quantitative estimate of drug-likeness (QED) is 0.644. The van der Waals surface area contributed by atoms with Crippen LogP contribution in [0, 0.1) is 0 Å². The van der Waals surface area contributed by atoms with Crippen LogP contribution < -0.4 is 11.1 Å². The van der Waals surface area contributed by atoms with Crippen molar-refractivity contribution in [2.75, 3.05) is 7.11 Å². The molecular weight excluding hydrogens is 264 g/mol. The monoisotopic (exact) mass is 280 g/mol. The van der Waals surface area contributed by atoms with Crippen molar-refractivity contribution in [2.24, 2.45) is 5.73 Å². The van der Waals surface area contributed by atoms with Crippen LogP contribution in [0.4, 0.5) is 0 Å². The lowest BCUT2D eigenvalue weighted by atomic mass is 10.1. The molecule has 0 unspecified atom stereocenters. The van der Waals surface area contributed by atoms with Crippen molar-refractivity contribution < 1.29 is 24.2 Å². The number of ether oxygens (including phenoxy) is 1. The Morgan fingerprint density at radius 1 is 1.30 bits per heavy atom. The summed E-state index contributed by atoms with van der Waals surface area (Å²) < 4.78 is 4.94. The van der Waals surface area contributed by atoms with E-state index in [1.807, 2.05) is 0 Å².